The smallest absolute Gasteiger partial charge is 0.0371 e. The third kappa shape index (κ3) is 2.38. The number of hydrogen-bond donors (Lipinski definition) is 1. The van der Waals surface area contributed by atoms with E-state index in [1.54, 1.807) is 0 Å². The van der Waals surface area contributed by atoms with E-state index in [9.17, 15) is 0 Å². The van der Waals surface area contributed by atoms with E-state index in [-0.39, 0.29) is 0 Å². The van der Waals surface area contributed by atoms with E-state index in [1.165, 1.54) is 24.1 Å². The number of nitrogens with zero attached hydrogens (tertiary/aromatic N) is 1. The predicted octanol–water partition coefficient (Wildman–Crippen LogP) is 2.70. The van der Waals surface area contributed by atoms with Crippen molar-refractivity contribution in [3.8, 4) is 0 Å². The van der Waals surface area contributed by atoms with Crippen LogP contribution in [0.1, 0.15) is 31.7 Å². The third-order valence-electron chi connectivity index (χ3n) is 3.56. The van der Waals surface area contributed by atoms with Crippen LogP contribution in [0.3, 0.4) is 0 Å². The minimum Gasteiger partial charge on any atom is -0.369 e. The highest BCUT2D eigenvalue weighted by molar-refractivity contribution is 5.49. The van der Waals surface area contributed by atoms with Gasteiger partial charge in [-0.1, -0.05) is 12.1 Å². The van der Waals surface area contributed by atoms with Gasteiger partial charge in [-0.05, 0) is 50.8 Å². The van der Waals surface area contributed by atoms with Crippen LogP contribution in [0, 0.1) is 6.92 Å². The molecule has 0 spiro atoms. The number of rotatable bonds is 3. The summed E-state index contributed by atoms with van der Waals surface area (Å²) in [7, 11) is 0. The van der Waals surface area contributed by atoms with Crippen molar-refractivity contribution in [2.24, 2.45) is 5.73 Å². The molecule has 2 atom stereocenters. The topological polar surface area (TPSA) is 29.3 Å². The highest BCUT2D eigenvalue weighted by Crippen LogP contribution is 2.27. The number of aryl methyl sites for hydroxylation is 1. The molecule has 2 heteroatoms. The fourth-order valence-corrected chi connectivity index (χ4v) is 2.73. The molecular weight excluding hydrogens is 196 g/mol. The Hall–Kier alpha value is -1.02. The van der Waals surface area contributed by atoms with Gasteiger partial charge >= 0.3 is 0 Å². The molecule has 2 N–H and O–H groups in total. The molecular formula is C14H22N2. The molecule has 1 saturated carbocycles. The van der Waals surface area contributed by atoms with Gasteiger partial charge in [0.05, 0.1) is 0 Å². The van der Waals surface area contributed by atoms with Crippen LogP contribution in [-0.2, 0) is 0 Å². The summed E-state index contributed by atoms with van der Waals surface area (Å²) in [6.45, 7) is 5.45. The number of benzene rings is 1. The maximum atomic E-state index is 6.00. The maximum Gasteiger partial charge on any atom is 0.0371 e. The fraction of sp³-hybridized carbons (Fsp3) is 0.571. The summed E-state index contributed by atoms with van der Waals surface area (Å²) < 4.78 is 0. The van der Waals surface area contributed by atoms with E-state index in [2.05, 4.69) is 43.0 Å². The Morgan fingerprint density at radius 3 is 2.75 bits per heavy atom. The van der Waals surface area contributed by atoms with E-state index in [0.29, 0.717) is 12.1 Å². The fourth-order valence-electron chi connectivity index (χ4n) is 2.73. The van der Waals surface area contributed by atoms with Gasteiger partial charge in [0.2, 0.25) is 0 Å². The normalized spacial score (nSPS) is 24.7. The third-order valence-corrected chi connectivity index (χ3v) is 3.56. The van der Waals surface area contributed by atoms with Crippen molar-refractivity contribution in [2.45, 2.75) is 45.2 Å². The molecule has 1 aromatic rings. The van der Waals surface area contributed by atoms with Gasteiger partial charge in [0.1, 0.15) is 0 Å². The summed E-state index contributed by atoms with van der Waals surface area (Å²) in [5.41, 5.74) is 8.68. The molecule has 1 aliphatic rings. The molecule has 0 heterocycles. The maximum absolute atomic E-state index is 6.00. The van der Waals surface area contributed by atoms with Crippen LogP contribution in [0.4, 0.5) is 5.69 Å². The molecule has 16 heavy (non-hydrogen) atoms. The van der Waals surface area contributed by atoms with Crippen LogP contribution < -0.4 is 10.6 Å². The molecule has 0 radical (unpaired) electrons. The molecule has 0 aromatic heterocycles. The first kappa shape index (κ1) is 11.5. The van der Waals surface area contributed by atoms with E-state index >= 15 is 0 Å². The quantitative estimate of drug-likeness (QED) is 0.845. The molecule has 0 bridgehead atoms. The minimum absolute atomic E-state index is 0.406. The van der Waals surface area contributed by atoms with Crippen molar-refractivity contribution in [3.63, 3.8) is 0 Å². The zero-order valence-electron chi connectivity index (χ0n) is 10.3. The van der Waals surface area contributed by atoms with Gasteiger partial charge in [-0.3, -0.25) is 0 Å². The highest BCUT2D eigenvalue weighted by Gasteiger charge is 2.26. The summed E-state index contributed by atoms with van der Waals surface area (Å²) in [5.74, 6) is 0. The second-order valence-corrected chi connectivity index (χ2v) is 4.85. The Morgan fingerprint density at radius 2 is 2.19 bits per heavy atom. The van der Waals surface area contributed by atoms with Gasteiger partial charge in [-0.15, -0.1) is 0 Å². The lowest BCUT2D eigenvalue weighted by Crippen LogP contribution is -2.34. The van der Waals surface area contributed by atoms with Crippen molar-refractivity contribution in [3.05, 3.63) is 29.8 Å². The summed E-state index contributed by atoms with van der Waals surface area (Å²) in [5, 5.41) is 0. The molecule has 1 aliphatic carbocycles. The molecule has 2 rings (SSSR count). The van der Waals surface area contributed by atoms with Crippen molar-refractivity contribution in [2.75, 3.05) is 11.4 Å². The minimum atomic E-state index is 0.406. The highest BCUT2D eigenvalue weighted by atomic mass is 15.2. The van der Waals surface area contributed by atoms with Gasteiger partial charge in [0.15, 0.2) is 0 Å². The van der Waals surface area contributed by atoms with Gasteiger partial charge in [-0.2, -0.15) is 0 Å². The largest absolute Gasteiger partial charge is 0.369 e. The molecule has 0 amide bonds. The van der Waals surface area contributed by atoms with Crippen molar-refractivity contribution in [1.82, 2.24) is 0 Å². The van der Waals surface area contributed by atoms with Gasteiger partial charge in [-0.25, -0.2) is 0 Å². The number of anilines is 1. The van der Waals surface area contributed by atoms with Crippen LogP contribution in [0.5, 0.6) is 0 Å². The number of nitrogens with two attached hydrogens (primary N) is 1. The van der Waals surface area contributed by atoms with Crippen LogP contribution >= 0.6 is 0 Å². The molecule has 0 aliphatic heterocycles. The first-order valence-electron chi connectivity index (χ1n) is 6.29. The predicted molar refractivity (Wildman–Crippen MR) is 69.8 cm³/mol. The van der Waals surface area contributed by atoms with Gasteiger partial charge in [0, 0.05) is 24.3 Å². The zero-order valence-corrected chi connectivity index (χ0v) is 10.3. The summed E-state index contributed by atoms with van der Waals surface area (Å²) >= 11 is 0. The average molecular weight is 218 g/mol. The molecule has 0 saturated heterocycles. The van der Waals surface area contributed by atoms with E-state index in [4.69, 9.17) is 5.73 Å². The zero-order chi connectivity index (χ0) is 11.5. The lowest BCUT2D eigenvalue weighted by molar-refractivity contribution is 0.605. The van der Waals surface area contributed by atoms with Gasteiger partial charge < -0.3 is 10.6 Å². The Morgan fingerprint density at radius 1 is 1.38 bits per heavy atom. The van der Waals surface area contributed by atoms with Crippen molar-refractivity contribution in [1.29, 1.82) is 0 Å². The van der Waals surface area contributed by atoms with Crippen LogP contribution in [0.25, 0.3) is 0 Å². The molecule has 1 aromatic carbocycles. The Kier molecular flexibility index (Phi) is 3.49. The first-order chi connectivity index (χ1) is 7.70. The first-order valence-corrected chi connectivity index (χ1v) is 6.29. The van der Waals surface area contributed by atoms with Crippen LogP contribution in [0.2, 0.25) is 0 Å². The van der Waals surface area contributed by atoms with E-state index in [1.807, 2.05) is 0 Å². The Labute approximate surface area is 98.4 Å². The van der Waals surface area contributed by atoms with Crippen molar-refractivity contribution < 1.29 is 0 Å². The van der Waals surface area contributed by atoms with Crippen molar-refractivity contribution >= 4 is 5.69 Å². The second kappa shape index (κ2) is 4.88. The molecule has 1 fully saturated rings. The van der Waals surface area contributed by atoms with Crippen LogP contribution in [-0.4, -0.2) is 18.6 Å². The SMILES string of the molecule is CCN(c1cccc(C)c1)C1CCC(N)C1. The lowest BCUT2D eigenvalue weighted by Gasteiger charge is -2.30. The number of hydrogen-bond acceptors (Lipinski definition) is 2. The summed E-state index contributed by atoms with van der Waals surface area (Å²) in [6.07, 6.45) is 3.55. The molecule has 2 nitrogen and oxygen atoms in total. The van der Waals surface area contributed by atoms with Gasteiger partial charge in [0.25, 0.3) is 0 Å². The summed E-state index contributed by atoms with van der Waals surface area (Å²) in [6, 6.07) is 9.82. The monoisotopic (exact) mass is 218 g/mol. The lowest BCUT2D eigenvalue weighted by atomic mass is 10.1. The summed E-state index contributed by atoms with van der Waals surface area (Å²) in [4.78, 5) is 2.50. The van der Waals surface area contributed by atoms with E-state index in [0.717, 1.165) is 13.0 Å². The second-order valence-electron chi connectivity index (χ2n) is 4.85. The Balaban J connectivity index is 2.16. The van der Waals surface area contributed by atoms with E-state index < -0.39 is 0 Å². The standard InChI is InChI=1S/C14H22N2/c1-3-16(14-8-7-12(15)10-14)13-6-4-5-11(2)9-13/h4-6,9,12,14H,3,7-8,10,15H2,1-2H3. The molecule has 88 valence electrons. The average Bonchev–Trinajstić information content (AvgIpc) is 2.66. The molecule has 2 unspecified atom stereocenters. The van der Waals surface area contributed by atoms with Crippen LogP contribution in [0.15, 0.2) is 24.3 Å². The Bertz CT molecular complexity index is 348.